The third-order valence-corrected chi connectivity index (χ3v) is 3.54. The molecule has 0 spiro atoms. The van der Waals surface area contributed by atoms with E-state index in [-0.39, 0.29) is 12.1 Å². The Labute approximate surface area is 120 Å². The Morgan fingerprint density at radius 1 is 1.25 bits per heavy atom. The molecule has 1 saturated heterocycles. The molecule has 1 heterocycles. The molecular weight excluding hydrogens is 258 g/mol. The number of aliphatic hydroxyl groups is 1. The Kier molecular flexibility index (Phi) is 5.51. The maximum Gasteiger partial charge on any atom is 0.175 e. The van der Waals surface area contributed by atoms with Gasteiger partial charge in [0.25, 0.3) is 0 Å². The van der Waals surface area contributed by atoms with Gasteiger partial charge in [-0.1, -0.05) is 30.3 Å². The van der Waals surface area contributed by atoms with E-state index in [0.29, 0.717) is 13.2 Å². The summed E-state index contributed by atoms with van der Waals surface area (Å²) in [5, 5.41) is 10.3. The van der Waals surface area contributed by atoms with Gasteiger partial charge >= 0.3 is 0 Å². The second-order valence-corrected chi connectivity index (χ2v) is 5.22. The molecule has 0 bridgehead atoms. The van der Waals surface area contributed by atoms with Gasteiger partial charge in [-0.15, -0.1) is 0 Å². The Balaban J connectivity index is 1.84. The highest BCUT2D eigenvalue weighted by Gasteiger charge is 2.45. The van der Waals surface area contributed by atoms with Crippen molar-refractivity contribution in [1.82, 2.24) is 4.90 Å². The van der Waals surface area contributed by atoms with Crippen molar-refractivity contribution in [3.63, 3.8) is 0 Å². The van der Waals surface area contributed by atoms with Crippen LogP contribution in [0.15, 0.2) is 30.3 Å². The van der Waals surface area contributed by atoms with Gasteiger partial charge in [-0.25, -0.2) is 0 Å². The van der Waals surface area contributed by atoms with E-state index in [4.69, 9.17) is 14.2 Å². The van der Waals surface area contributed by atoms with Gasteiger partial charge in [0.05, 0.1) is 19.3 Å². The van der Waals surface area contributed by atoms with Crippen LogP contribution in [0.3, 0.4) is 0 Å². The fourth-order valence-corrected chi connectivity index (χ4v) is 2.46. The van der Waals surface area contributed by atoms with E-state index >= 15 is 0 Å². The topological polar surface area (TPSA) is 51.2 Å². The molecule has 0 aromatic heterocycles. The number of hydrogen-bond acceptors (Lipinski definition) is 5. The highest BCUT2D eigenvalue weighted by atomic mass is 16.7. The molecule has 0 unspecified atom stereocenters. The van der Waals surface area contributed by atoms with Crippen LogP contribution in [0.4, 0.5) is 0 Å². The van der Waals surface area contributed by atoms with E-state index in [0.717, 1.165) is 5.56 Å². The van der Waals surface area contributed by atoms with Crippen LogP contribution in [0.25, 0.3) is 0 Å². The zero-order chi connectivity index (χ0) is 14.5. The van der Waals surface area contributed by atoms with Gasteiger partial charge in [0.1, 0.15) is 12.2 Å². The van der Waals surface area contributed by atoms with E-state index in [9.17, 15) is 5.11 Å². The molecule has 5 heteroatoms. The molecule has 5 nitrogen and oxygen atoms in total. The zero-order valence-electron chi connectivity index (χ0n) is 12.2. The average Bonchev–Trinajstić information content (AvgIpc) is 2.77. The van der Waals surface area contributed by atoms with Gasteiger partial charge in [-0.2, -0.15) is 0 Å². The fraction of sp³-hybridized carbons (Fsp3) is 0.600. The molecule has 1 aromatic rings. The third kappa shape index (κ3) is 3.56. The van der Waals surface area contributed by atoms with Crippen molar-refractivity contribution in [2.24, 2.45) is 0 Å². The lowest BCUT2D eigenvalue weighted by Crippen LogP contribution is -2.45. The van der Waals surface area contributed by atoms with Gasteiger partial charge in [0.2, 0.25) is 0 Å². The van der Waals surface area contributed by atoms with Crippen LogP contribution in [0.5, 0.6) is 0 Å². The van der Waals surface area contributed by atoms with Crippen molar-refractivity contribution in [2.45, 2.75) is 31.1 Å². The standard InChI is InChI=1S/C15H23NO4/c1-16(2)13-14(17)12(20-15(13)18-3)10-19-9-11-7-5-4-6-8-11/h4-8,12-15,17H,9-10H2,1-3H3/t12-,13-,14+,15+/m1/s1. The smallest absolute Gasteiger partial charge is 0.175 e. The molecule has 112 valence electrons. The number of ether oxygens (including phenoxy) is 3. The first kappa shape index (κ1) is 15.4. The molecule has 0 aliphatic carbocycles. The highest BCUT2D eigenvalue weighted by molar-refractivity contribution is 5.13. The normalized spacial score (nSPS) is 30.1. The average molecular weight is 281 g/mol. The second kappa shape index (κ2) is 7.15. The van der Waals surface area contributed by atoms with Crippen LogP contribution in [0.1, 0.15) is 5.56 Å². The first-order valence-corrected chi connectivity index (χ1v) is 6.78. The SMILES string of the molecule is CO[C@H]1O[C@H](COCc2ccccc2)[C@H](O)[C@H]1N(C)C. The third-order valence-electron chi connectivity index (χ3n) is 3.54. The quantitative estimate of drug-likeness (QED) is 0.838. The van der Waals surface area contributed by atoms with Gasteiger partial charge in [0.15, 0.2) is 6.29 Å². The minimum absolute atomic E-state index is 0.176. The Hall–Kier alpha value is -0.980. The first-order valence-electron chi connectivity index (χ1n) is 6.78. The zero-order valence-corrected chi connectivity index (χ0v) is 12.2. The van der Waals surface area contributed by atoms with Crippen molar-refractivity contribution < 1.29 is 19.3 Å². The van der Waals surface area contributed by atoms with Crippen molar-refractivity contribution in [3.05, 3.63) is 35.9 Å². The lowest BCUT2D eigenvalue weighted by molar-refractivity contribution is -0.145. The van der Waals surface area contributed by atoms with E-state index in [1.807, 2.05) is 49.3 Å². The van der Waals surface area contributed by atoms with Crippen LogP contribution < -0.4 is 0 Å². The number of benzene rings is 1. The molecular formula is C15H23NO4. The lowest BCUT2D eigenvalue weighted by atomic mass is 10.1. The van der Waals surface area contributed by atoms with Crippen LogP contribution in [0.2, 0.25) is 0 Å². The molecule has 0 amide bonds. The monoisotopic (exact) mass is 281 g/mol. The summed E-state index contributed by atoms with van der Waals surface area (Å²) in [4.78, 5) is 1.91. The highest BCUT2D eigenvalue weighted by Crippen LogP contribution is 2.25. The van der Waals surface area contributed by atoms with Gasteiger partial charge in [-0.05, 0) is 19.7 Å². The Morgan fingerprint density at radius 3 is 2.50 bits per heavy atom. The number of hydrogen-bond donors (Lipinski definition) is 1. The summed E-state index contributed by atoms with van der Waals surface area (Å²) in [6.07, 6.45) is -1.41. The van der Waals surface area contributed by atoms with E-state index < -0.39 is 12.4 Å². The van der Waals surface area contributed by atoms with Gasteiger partial charge in [0, 0.05) is 7.11 Å². The molecule has 2 rings (SSSR count). The Morgan fingerprint density at radius 2 is 1.95 bits per heavy atom. The van der Waals surface area contributed by atoms with Crippen molar-refractivity contribution in [1.29, 1.82) is 0 Å². The predicted molar refractivity (Wildman–Crippen MR) is 75.2 cm³/mol. The number of methoxy groups -OCH3 is 1. The van der Waals surface area contributed by atoms with E-state index in [1.54, 1.807) is 7.11 Å². The number of nitrogens with zero attached hydrogens (tertiary/aromatic N) is 1. The van der Waals surface area contributed by atoms with Gasteiger partial charge < -0.3 is 19.3 Å². The number of rotatable bonds is 6. The summed E-state index contributed by atoms with van der Waals surface area (Å²) in [6, 6.07) is 9.76. The summed E-state index contributed by atoms with van der Waals surface area (Å²) in [7, 11) is 5.38. The van der Waals surface area contributed by atoms with Crippen LogP contribution >= 0.6 is 0 Å². The molecule has 1 aliphatic rings. The van der Waals surface area contributed by atoms with Crippen LogP contribution in [-0.2, 0) is 20.8 Å². The molecule has 1 aromatic carbocycles. The van der Waals surface area contributed by atoms with Gasteiger partial charge in [-0.3, -0.25) is 4.90 Å². The Bertz CT molecular complexity index is 398. The predicted octanol–water partition coefficient (Wildman–Crippen LogP) is 0.866. The molecule has 20 heavy (non-hydrogen) atoms. The molecule has 1 N–H and O–H groups in total. The summed E-state index contributed by atoms with van der Waals surface area (Å²) in [5.41, 5.74) is 1.10. The maximum absolute atomic E-state index is 10.3. The van der Waals surface area contributed by atoms with E-state index in [2.05, 4.69) is 0 Å². The minimum Gasteiger partial charge on any atom is -0.388 e. The van der Waals surface area contributed by atoms with Crippen molar-refractivity contribution >= 4 is 0 Å². The first-order chi connectivity index (χ1) is 9.63. The summed E-state index contributed by atoms with van der Waals surface area (Å²) in [5.74, 6) is 0. The molecule has 0 saturated carbocycles. The minimum atomic E-state index is -0.620. The summed E-state index contributed by atoms with van der Waals surface area (Å²) < 4.78 is 16.6. The van der Waals surface area contributed by atoms with Crippen molar-refractivity contribution in [3.8, 4) is 0 Å². The summed E-state index contributed by atoms with van der Waals surface area (Å²) >= 11 is 0. The molecule has 1 aliphatic heterocycles. The second-order valence-electron chi connectivity index (χ2n) is 5.22. The lowest BCUT2D eigenvalue weighted by Gasteiger charge is -2.25. The largest absolute Gasteiger partial charge is 0.388 e. The van der Waals surface area contributed by atoms with Crippen LogP contribution in [-0.4, -0.2) is 62.4 Å². The summed E-state index contributed by atoms with van der Waals surface area (Å²) in [6.45, 7) is 0.859. The molecule has 1 fully saturated rings. The molecule has 4 atom stereocenters. The van der Waals surface area contributed by atoms with E-state index in [1.165, 1.54) is 0 Å². The number of likely N-dealkylation sites (N-methyl/N-ethyl adjacent to an activating group) is 1. The van der Waals surface area contributed by atoms with Crippen LogP contribution in [0, 0.1) is 0 Å². The van der Waals surface area contributed by atoms with Crippen molar-refractivity contribution in [2.75, 3.05) is 27.8 Å². The maximum atomic E-state index is 10.3. The fourth-order valence-electron chi connectivity index (χ4n) is 2.46. The molecule has 0 radical (unpaired) electrons. The number of aliphatic hydroxyl groups excluding tert-OH is 1.